The van der Waals surface area contributed by atoms with Crippen LogP contribution in [0.15, 0.2) is 30.3 Å². The molecule has 2 aliphatic rings. The highest BCUT2D eigenvalue weighted by molar-refractivity contribution is 6.22. The van der Waals surface area contributed by atoms with Gasteiger partial charge in [-0.2, -0.15) is 0 Å². The van der Waals surface area contributed by atoms with Crippen molar-refractivity contribution in [1.29, 1.82) is 0 Å². The van der Waals surface area contributed by atoms with Crippen molar-refractivity contribution in [3.05, 3.63) is 30.3 Å². The van der Waals surface area contributed by atoms with Gasteiger partial charge in [-0.25, -0.2) is 4.90 Å². The predicted molar refractivity (Wildman–Crippen MR) is 80.8 cm³/mol. The second-order valence-electron chi connectivity index (χ2n) is 5.84. The van der Waals surface area contributed by atoms with E-state index in [1.165, 1.54) is 4.90 Å². The third kappa shape index (κ3) is 2.62. The van der Waals surface area contributed by atoms with Crippen LogP contribution in [-0.4, -0.2) is 41.8 Å². The first-order valence-corrected chi connectivity index (χ1v) is 7.53. The molecule has 0 spiro atoms. The van der Waals surface area contributed by atoms with Crippen molar-refractivity contribution >= 4 is 23.4 Å². The number of amides is 3. The summed E-state index contributed by atoms with van der Waals surface area (Å²) in [7, 11) is 0. The average Bonchev–Trinajstić information content (AvgIpc) is 2.83. The van der Waals surface area contributed by atoms with Gasteiger partial charge in [0.2, 0.25) is 11.8 Å². The van der Waals surface area contributed by atoms with E-state index in [1.54, 1.807) is 12.1 Å². The Balaban J connectivity index is 1.71. The Morgan fingerprint density at radius 1 is 1.09 bits per heavy atom. The third-order valence-corrected chi connectivity index (χ3v) is 4.51. The third-order valence-electron chi connectivity index (χ3n) is 4.51. The zero-order chi connectivity index (χ0) is 15.7. The van der Waals surface area contributed by atoms with E-state index in [0.29, 0.717) is 31.6 Å². The topological polar surface area (TPSA) is 83.7 Å². The molecule has 3 rings (SSSR count). The van der Waals surface area contributed by atoms with Crippen LogP contribution in [0.25, 0.3) is 0 Å². The minimum atomic E-state index is -0.415. The van der Waals surface area contributed by atoms with Crippen molar-refractivity contribution in [3.63, 3.8) is 0 Å². The normalized spacial score (nSPS) is 24.0. The second-order valence-corrected chi connectivity index (χ2v) is 5.84. The van der Waals surface area contributed by atoms with Crippen molar-refractivity contribution in [2.75, 3.05) is 18.0 Å². The molecular weight excluding hydrogens is 282 g/mol. The number of imide groups is 1. The number of benzene rings is 1. The van der Waals surface area contributed by atoms with Crippen molar-refractivity contribution in [2.24, 2.45) is 11.7 Å². The van der Waals surface area contributed by atoms with E-state index in [1.807, 2.05) is 23.1 Å². The number of carbonyl (C=O) groups is 3. The number of hydrogen-bond acceptors (Lipinski definition) is 4. The Bertz CT molecular complexity index is 594. The molecule has 1 aromatic carbocycles. The molecule has 6 heteroatoms. The van der Waals surface area contributed by atoms with Crippen molar-refractivity contribution in [1.82, 2.24) is 4.90 Å². The highest BCUT2D eigenvalue weighted by Gasteiger charge is 2.43. The van der Waals surface area contributed by atoms with Gasteiger partial charge < -0.3 is 5.73 Å². The molecule has 6 nitrogen and oxygen atoms in total. The van der Waals surface area contributed by atoms with Crippen LogP contribution in [0.3, 0.4) is 0 Å². The van der Waals surface area contributed by atoms with Gasteiger partial charge >= 0.3 is 0 Å². The van der Waals surface area contributed by atoms with Gasteiger partial charge in [-0.05, 0) is 38.1 Å². The Labute approximate surface area is 128 Å². The lowest BCUT2D eigenvalue weighted by Crippen LogP contribution is -2.47. The first-order valence-electron chi connectivity index (χ1n) is 7.53. The van der Waals surface area contributed by atoms with E-state index in [4.69, 9.17) is 5.73 Å². The largest absolute Gasteiger partial charge is 0.369 e. The number of likely N-dealkylation sites (tertiary alicyclic amines) is 1. The maximum atomic E-state index is 12.6. The minimum absolute atomic E-state index is 0.117. The molecule has 3 amide bonds. The van der Waals surface area contributed by atoms with E-state index < -0.39 is 6.04 Å². The number of hydrogen-bond donors (Lipinski definition) is 1. The second kappa shape index (κ2) is 5.88. The van der Waals surface area contributed by atoms with E-state index in [2.05, 4.69) is 0 Å². The Hall–Kier alpha value is -2.21. The standard InChI is InChI=1S/C16H19N3O3/c17-15(21)11-6-8-18(9-7-11)13-10-14(20)19(16(13)22)12-4-2-1-3-5-12/h1-5,11,13H,6-10H2,(H2,17,21)/t13-/m1/s1. The maximum absolute atomic E-state index is 12.6. The predicted octanol–water partition coefficient (Wildman–Crippen LogP) is 0.516. The highest BCUT2D eigenvalue weighted by Crippen LogP contribution is 2.28. The van der Waals surface area contributed by atoms with Gasteiger partial charge in [0, 0.05) is 5.92 Å². The molecule has 116 valence electrons. The highest BCUT2D eigenvalue weighted by atomic mass is 16.2. The minimum Gasteiger partial charge on any atom is -0.369 e. The van der Waals surface area contributed by atoms with Crippen LogP contribution in [0, 0.1) is 5.92 Å². The summed E-state index contributed by atoms with van der Waals surface area (Å²) in [6, 6.07) is 8.57. The summed E-state index contributed by atoms with van der Waals surface area (Å²) in [5.74, 6) is -0.736. The molecule has 2 fully saturated rings. The number of carbonyl (C=O) groups excluding carboxylic acids is 3. The summed E-state index contributed by atoms with van der Waals surface area (Å²) in [5.41, 5.74) is 5.94. The van der Waals surface area contributed by atoms with Gasteiger partial charge in [0.1, 0.15) is 0 Å². The SMILES string of the molecule is NC(=O)C1CCN([C@@H]2CC(=O)N(c3ccccc3)C2=O)CC1. The summed E-state index contributed by atoms with van der Waals surface area (Å²) < 4.78 is 0. The van der Waals surface area contributed by atoms with Crippen LogP contribution in [0.4, 0.5) is 5.69 Å². The van der Waals surface area contributed by atoms with E-state index in [0.717, 1.165) is 0 Å². The summed E-state index contributed by atoms with van der Waals surface area (Å²) in [6.07, 6.45) is 1.51. The summed E-state index contributed by atoms with van der Waals surface area (Å²) in [4.78, 5) is 39.3. The number of anilines is 1. The zero-order valence-electron chi connectivity index (χ0n) is 12.3. The number of piperidine rings is 1. The molecular formula is C16H19N3O3. The van der Waals surface area contributed by atoms with Crippen LogP contribution in [-0.2, 0) is 14.4 Å². The van der Waals surface area contributed by atoms with Gasteiger partial charge in [0.25, 0.3) is 5.91 Å². The molecule has 0 radical (unpaired) electrons. The molecule has 1 atom stereocenters. The fourth-order valence-electron chi connectivity index (χ4n) is 3.25. The number of nitrogens with zero attached hydrogens (tertiary/aromatic N) is 2. The van der Waals surface area contributed by atoms with Gasteiger partial charge in [0.05, 0.1) is 18.2 Å². The van der Waals surface area contributed by atoms with Gasteiger partial charge in [-0.1, -0.05) is 18.2 Å². The molecule has 2 saturated heterocycles. The summed E-state index contributed by atoms with van der Waals surface area (Å²) in [5, 5.41) is 0. The number of primary amides is 1. The molecule has 0 aromatic heterocycles. The lowest BCUT2D eigenvalue weighted by molar-refractivity contribution is -0.124. The van der Waals surface area contributed by atoms with Crippen LogP contribution in [0.5, 0.6) is 0 Å². The molecule has 22 heavy (non-hydrogen) atoms. The first kappa shape index (κ1) is 14.7. The molecule has 0 unspecified atom stereocenters. The van der Waals surface area contributed by atoms with Crippen molar-refractivity contribution in [3.8, 4) is 0 Å². The van der Waals surface area contributed by atoms with Crippen LogP contribution < -0.4 is 10.6 Å². The number of nitrogens with two attached hydrogens (primary N) is 1. The molecule has 2 heterocycles. The van der Waals surface area contributed by atoms with E-state index >= 15 is 0 Å². The number of rotatable bonds is 3. The first-order chi connectivity index (χ1) is 10.6. The smallest absolute Gasteiger partial charge is 0.251 e. The Kier molecular flexibility index (Phi) is 3.94. The lowest BCUT2D eigenvalue weighted by atomic mass is 9.95. The number of para-hydroxylation sites is 1. The van der Waals surface area contributed by atoms with Crippen LogP contribution in [0.1, 0.15) is 19.3 Å². The molecule has 2 N–H and O–H groups in total. The van der Waals surface area contributed by atoms with Crippen LogP contribution >= 0.6 is 0 Å². The lowest BCUT2D eigenvalue weighted by Gasteiger charge is -2.33. The average molecular weight is 301 g/mol. The quantitative estimate of drug-likeness (QED) is 0.825. The summed E-state index contributed by atoms with van der Waals surface area (Å²) in [6.45, 7) is 1.25. The molecule has 0 saturated carbocycles. The van der Waals surface area contributed by atoms with Gasteiger partial charge in [-0.3, -0.25) is 19.3 Å². The molecule has 0 aliphatic carbocycles. The van der Waals surface area contributed by atoms with Crippen molar-refractivity contribution in [2.45, 2.75) is 25.3 Å². The Morgan fingerprint density at radius 3 is 2.32 bits per heavy atom. The Morgan fingerprint density at radius 2 is 1.73 bits per heavy atom. The van der Waals surface area contributed by atoms with Crippen LogP contribution in [0.2, 0.25) is 0 Å². The van der Waals surface area contributed by atoms with Gasteiger partial charge in [-0.15, -0.1) is 0 Å². The van der Waals surface area contributed by atoms with Crippen molar-refractivity contribution < 1.29 is 14.4 Å². The molecule has 1 aromatic rings. The molecule has 2 aliphatic heterocycles. The monoisotopic (exact) mass is 301 g/mol. The fraction of sp³-hybridized carbons (Fsp3) is 0.438. The fourth-order valence-corrected chi connectivity index (χ4v) is 3.25. The summed E-state index contributed by atoms with van der Waals surface area (Å²) >= 11 is 0. The van der Waals surface area contributed by atoms with Gasteiger partial charge in [0.15, 0.2) is 0 Å². The van der Waals surface area contributed by atoms with E-state index in [-0.39, 0.29) is 30.1 Å². The maximum Gasteiger partial charge on any atom is 0.251 e. The van der Waals surface area contributed by atoms with E-state index in [9.17, 15) is 14.4 Å². The molecule has 0 bridgehead atoms. The zero-order valence-corrected chi connectivity index (χ0v) is 12.3.